The van der Waals surface area contributed by atoms with E-state index in [2.05, 4.69) is 20.1 Å². The smallest absolute Gasteiger partial charge is 0.248 e. The van der Waals surface area contributed by atoms with Gasteiger partial charge in [-0.15, -0.1) is 0 Å². The minimum atomic E-state index is 0.398. The van der Waals surface area contributed by atoms with Gasteiger partial charge in [0.1, 0.15) is 21.5 Å². The van der Waals surface area contributed by atoms with Crippen molar-refractivity contribution in [3.8, 4) is 0 Å². The van der Waals surface area contributed by atoms with Gasteiger partial charge in [-0.3, -0.25) is 0 Å². The lowest BCUT2D eigenvalue weighted by Crippen LogP contribution is -2.00. The predicted molar refractivity (Wildman–Crippen MR) is 73.9 cm³/mol. The lowest BCUT2D eigenvalue weighted by molar-refractivity contribution is 0.824. The van der Waals surface area contributed by atoms with Crippen LogP contribution in [0, 0.1) is 6.92 Å². The fraction of sp³-hybridized carbons (Fsp3) is 0.0909. The molecular formula is C11H7Cl2N5S. The molecule has 0 spiro atoms. The van der Waals surface area contributed by atoms with Crippen molar-refractivity contribution in [1.29, 1.82) is 0 Å². The van der Waals surface area contributed by atoms with Gasteiger partial charge < -0.3 is 0 Å². The first-order chi connectivity index (χ1) is 9.16. The minimum absolute atomic E-state index is 0.398. The van der Waals surface area contributed by atoms with Crippen molar-refractivity contribution in [1.82, 2.24) is 24.6 Å². The van der Waals surface area contributed by atoms with E-state index in [1.54, 1.807) is 22.8 Å². The Morgan fingerprint density at radius 1 is 1.26 bits per heavy atom. The van der Waals surface area contributed by atoms with Crippen LogP contribution in [0.5, 0.6) is 0 Å². The molecule has 0 radical (unpaired) electrons. The molecule has 3 heterocycles. The molecule has 0 aliphatic rings. The van der Waals surface area contributed by atoms with E-state index in [1.807, 2.05) is 6.92 Å². The van der Waals surface area contributed by atoms with Crippen molar-refractivity contribution in [2.75, 3.05) is 0 Å². The first-order valence-corrected chi connectivity index (χ1v) is 6.88. The molecule has 0 saturated heterocycles. The molecule has 0 atom stereocenters. The van der Waals surface area contributed by atoms with Crippen molar-refractivity contribution in [3.05, 3.63) is 40.4 Å². The van der Waals surface area contributed by atoms with Crippen LogP contribution in [0.3, 0.4) is 0 Å². The number of nitrogens with zero attached hydrogens (tertiary/aromatic N) is 5. The Morgan fingerprint density at radius 2 is 2.11 bits per heavy atom. The Kier molecular flexibility index (Phi) is 3.30. The van der Waals surface area contributed by atoms with Crippen LogP contribution in [0.4, 0.5) is 0 Å². The maximum absolute atomic E-state index is 6.11. The highest BCUT2D eigenvalue weighted by Gasteiger charge is 2.15. The third kappa shape index (κ3) is 2.27. The monoisotopic (exact) mass is 311 g/mol. The zero-order valence-electron chi connectivity index (χ0n) is 9.71. The number of halogens is 2. The topological polar surface area (TPSA) is 56.0 Å². The van der Waals surface area contributed by atoms with Crippen molar-refractivity contribution < 1.29 is 0 Å². The second-order valence-corrected chi connectivity index (χ2v) is 5.44. The molecule has 0 aliphatic carbocycles. The number of hydrogen-bond acceptors (Lipinski definition) is 5. The van der Waals surface area contributed by atoms with Crippen molar-refractivity contribution in [3.63, 3.8) is 0 Å². The number of pyridine rings is 1. The van der Waals surface area contributed by atoms with Crippen molar-refractivity contribution in [2.24, 2.45) is 0 Å². The summed E-state index contributed by atoms with van der Waals surface area (Å²) in [5.74, 6) is 0.449. The van der Waals surface area contributed by atoms with Crippen molar-refractivity contribution in [2.45, 2.75) is 17.0 Å². The first kappa shape index (κ1) is 12.7. The van der Waals surface area contributed by atoms with E-state index in [0.29, 0.717) is 21.0 Å². The molecule has 0 amide bonds. The Bertz CT molecular complexity index is 758. The van der Waals surface area contributed by atoms with E-state index in [0.717, 1.165) is 10.6 Å². The third-order valence-electron chi connectivity index (χ3n) is 2.47. The Morgan fingerprint density at radius 3 is 2.89 bits per heavy atom. The molecule has 8 heteroatoms. The normalized spacial score (nSPS) is 11.1. The van der Waals surface area contributed by atoms with Crippen LogP contribution in [-0.2, 0) is 0 Å². The maximum atomic E-state index is 6.11. The van der Waals surface area contributed by atoms with Crippen molar-refractivity contribution >= 4 is 40.7 Å². The highest BCUT2D eigenvalue weighted by atomic mass is 35.5. The summed E-state index contributed by atoms with van der Waals surface area (Å²) in [6.07, 6.45) is 3.12. The number of fused-ring (bicyclic) bond motifs is 1. The van der Waals surface area contributed by atoms with E-state index in [1.165, 1.54) is 18.1 Å². The third-order valence-corrected chi connectivity index (χ3v) is 4.44. The molecule has 3 rings (SSSR count). The molecule has 3 aromatic rings. The maximum Gasteiger partial charge on any atom is 0.254 e. The standard InChI is InChI=1S/C11H7Cl2N5S/c1-6-8(13)17-11-15-5-16-18(11)10(6)19-9-7(12)3-2-4-14-9/h2-5H,1H3. The summed E-state index contributed by atoms with van der Waals surface area (Å²) in [4.78, 5) is 12.4. The molecule has 0 aromatic carbocycles. The average Bonchev–Trinajstić information content (AvgIpc) is 2.85. The molecule has 0 aliphatic heterocycles. The van der Waals surface area contributed by atoms with Gasteiger partial charge in [0.25, 0.3) is 5.78 Å². The lowest BCUT2D eigenvalue weighted by Gasteiger charge is -2.08. The number of rotatable bonds is 2. The molecule has 0 N–H and O–H groups in total. The van der Waals surface area contributed by atoms with Crippen LogP contribution < -0.4 is 0 Å². The minimum Gasteiger partial charge on any atom is -0.248 e. The van der Waals surface area contributed by atoms with Gasteiger partial charge in [-0.05, 0) is 30.8 Å². The van der Waals surface area contributed by atoms with Crippen LogP contribution in [0.15, 0.2) is 34.7 Å². The second-order valence-electron chi connectivity index (χ2n) is 3.70. The fourth-order valence-corrected chi connectivity index (χ4v) is 2.92. The summed E-state index contributed by atoms with van der Waals surface area (Å²) in [6.45, 7) is 1.87. The van der Waals surface area contributed by atoms with E-state index < -0.39 is 0 Å². The highest BCUT2D eigenvalue weighted by molar-refractivity contribution is 7.99. The summed E-state index contributed by atoms with van der Waals surface area (Å²) in [5, 5.41) is 6.60. The van der Waals surface area contributed by atoms with Crippen LogP contribution in [-0.4, -0.2) is 24.6 Å². The van der Waals surface area contributed by atoms with E-state index in [9.17, 15) is 0 Å². The lowest BCUT2D eigenvalue weighted by atomic mass is 10.4. The van der Waals surface area contributed by atoms with Gasteiger partial charge in [-0.25, -0.2) is 4.98 Å². The van der Waals surface area contributed by atoms with Crippen LogP contribution in [0.2, 0.25) is 10.2 Å². The zero-order valence-corrected chi connectivity index (χ0v) is 12.0. The summed E-state index contributed by atoms with van der Waals surface area (Å²) < 4.78 is 1.62. The van der Waals surface area contributed by atoms with Crippen LogP contribution in [0.25, 0.3) is 5.78 Å². The zero-order chi connectivity index (χ0) is 13.4. The molecule has 96 valence electrons. The van der Waals surface area contributed by atoms with E-state index in [4.69, 9.17) is 23.2 Å². The fourth-order valence-electron chi connectivity index (χ4n) is 1.53. The van der Waals surface area contributed by atoms with E-state index in [-0.39, 0.29) is 0 Å². The summed E-state index contributed by atoms with van der Waals surface area (Å²) in [7, 11) is 0. The molecule has 0 bridgehead atoms. The van der Waals surface area contributed by atoms with E-state index >= 15 is 0 Å². The average molecular weight is 312 g/mol. The van der Waals surface area contributed by atoms with Crippen LogP contribution in [0.1, 0.15) is 5.56 Å². The molecule has 3 aromatic heterocycles. The van der Waals surface area contributed by atoms with Gasteiger partial charge >= 0.3 is 0 Å². The molecule has 19 heavy (non-hydrogen) atoms. The Hall–Kier alpha value is -1.37. The molecular weight excluding hydrogens is 305 g/mol. The van der Waals surface area contributed by atoms with Gasteiger partial charge in [-0.2, -0.15) is 19.6 Å². The van der Waals surface area contributed by atoms with Gasteiger partial charge in [-0.1, -0.05) is 23.2 Å². The van der Waals surface area contributed by atoms with Gasteiger partial charge in [0.2, 0.25) is 0 Å². The summed E-state index contributed by atoms with van der Waals surface area (Å²) >= 11 is 13.6. The highest BCUT2D eigenvalue weighted by Crippen LogP contribution is 2.34. The molecule has 0 unspecified atom stereocenters. The summed E-state index contributed by atoms with van der Waals surface area (Å²) in [6, 6.07) is 3.57. The number of aromatic nitrogens is 5. The SMILES string of the molecule is Cc1c(Cl)nc2ncnn2c1Sc1ncccc1Cl. The van der Waals surface area contributed by atoms with Gasteiger partial charge in [0, 0.05) is 11.8 Å². The van der Waals surface area contributed by atoms with Gasteiger partial charge in [0.15, 0.2) is 0 Å². The molecule has 0 saturated carbocycles. The second kappa shape index (κ2) is 4.96. The molecule has 0 fully saturated rings. The Labute approximate surface area is 123 Å². The quantitative estimate of drug-likeness (QED) is 0.680. The largest absolute Gasteiger partial charge is 0.254 e. The Balaban J connectivity index is 2.17. The predicted octanol–water partition coefficient (Wildman–Crippen LogP) is 3.29. The summed E-state index contributed by atoms with van der Waals surface area (Å²) in [5.41, 5.74) is 0.811. The van der Waals surface area contributed by atoms with Gasteiger partial charge in [0.05, 0.1) is 5.02 Å². The first-order valence-electron chi connectivity index (χ1n) is 5.31. The number of hydrogen-bond donors (Lipinski definition) is 0. The van der Waals surface area contributed by atoms with Crippen LogP contribution >= 0.6 is 35.0 Å². The molecule has 5 nitrogen and oxygen atoms in total.